The third-order valence-electron chi connectivity index (χ3n) is 3.92. The fourth-order valence-corrected chi connectivity index (χ4v) is 2.61. The molecule has 3 heterocycles. The number of furan rings is 1. The van der Waals surface area contributed by atoms with Crippen molar-refractivity contribution in [3.05, 3.63) is 29.7 Å². The molecule has 0 radical (unpaired) electrons. The number of carbonyl (C=O) groups is 1. The van der Waals surface area contributed by atoms with E-state index in [0.717, 1.165) is 25.3 Å². The van der Waals surface area contributed by atoms with Gasteiger partial charge < -0.3 is 15.1 Å². The maximum absolute atomic E-state index is 12.3. The number of hydrogen-bond donors (Lipinski definition) is 3. The number of amides is 1. The minimum Gasteiger partial charge on any atom is -0.460 e. The minimum absolute atomic E-state index is 0.139. The molecule has 2 aromatic rings. The van der Waals surface area contributed by atoms with Crippen molar-refractivity contribution in [3.8, 4) is 11.5 Å². The normalized spacial score (nSPS) is 22.2. The van der Waals surface area contributed by atoms with E-state index < -0.39 is 0 Å². The highest BCUT2D eigenvalue weighted by Gasteiger charge is 2.24. The van der Waals surface area contributed by atoms with Crippen molar-refractivity contribution in [1.29, 1.82) is 0 Å². The summed E-state index contributed by atoms with van der Waals surface area (Å²) in [5.41, 5.74) is 1.11. The summed E-state index contributed by atoms with van der Waals surface area (Å²) in [7, 11) is 0. The minimum atomic E-state index is -0.139. The van der Waals surface area contributed by atoms with Crippen LogP contribution in [0.15, 0.2) is 22.6 Å². The maximum Gasteiger partial charge on any atom is 0.272 e. The number of aryl methyl sites for hydroxylation is 1. The Labute approximate surface area is 123 Å². The van der Waals surface area contributed by atoms with Gasteiger partial charge in [0, 0.05) is 12.1 Å². The number of nitrogens with zero attached hydrogens (tertiary/aromatic N) is 1. The molecule has 0 bridgehead atoms. The summed E-state index contributed by atoms with van der Waals surface area (Å²) >= 11 is 0. The van der Waals surface area contributed by atoms with E-state index in [-0.39, 0.29) is 11.9 Å². The van der Waals surface area contributed by atoms with Gasteiger partial charge in [-0.15, -0.1) is 0 Å². The Morgan fingerprint density at radius 3 is 3.05 bits per heavy atom. The number of nitrogens with one attached hydrogen (secondary N) is 3. The number of aromatic amines is 1. The summed E-state index contributed by atoms with van der Waals surface area (Å²) in [5.74, 6) is 1.80. The van der Waals surface area contributed by atoms with Crippen LogP contribution < -0.4 is 10.6 Å². The molecule has 1 amide bonds. The van der Waals surface area contributed by atoms with Gasteiger partial charge in [-0.1, -0.05) is 6.92 Å². The molecule has 1 aliphatic rings. The molecule has 1 aliphatic heterocycles. The fraction of sp³-hybridized carbons (Fsp3) is 0.467. The van der Waals surface area contributed by atoms with Crippen LogP contribution in [0.5, 0.6) is 0 Å². The van der Waals surface area contributed by atoms with E-state index in [4.69, 9.17) is 4.42 Å². The Balaban J connectivity index is 1.69. The van der Waals surface area contributed by atoms with Gasteiger partial charge in [0.1, 0.15) is 11.5 Å². The first kappa shape index (κ1) is 13.9. The van der Waals surface area contributed by atoms with Crippen LogP contribution in [0.1, 0.15) is 29.6 Å². The van der Waals surface area contributed by atoms with E-state index in [1.165, 1.54) is 0 Å². The monoisotopic (exact) mass is 288 g/mol. The number of hydrogen-bond acceptors (Lipinski definition) is 4. The van der Waals surface area contributed by atoms with E-state index in [0.29, 0.717) is 23.1 Å². The molecule has 0 aromatic carbocycles. The Morgan fingerprint density at radius 2 is 2.33 bits per heavy atom. The summed E-state index contributed by atoms with van der Waals surface area (Å²) in [4.78, 5) is 12.3. The molecule has 21 heavy (non-hydrogen) atoms. The van der Waals surface area contributed by atoms with Crippen LogP contribution in [0.2, 0.25) is 0 Å². The van der Waals surface area contributed by atoms with Crippen molar-refractivity contribution in [1.82, 2.24) is 20.8 Å². The van der Waals surface area contributed by atoms with Crippen LogP contribution >= 0.6 is 0 Å². The first-order valence-corrected chi connectivity index (χ1v) is 7.27. The SMILES string of the molecule is Cc1ccc(-c2cc(C(=O)NC3CCNCC3C)n[nH]2)o1. The first-order valence-electron chi connectivity index (χ1n) is 7.27. The second-order valence-corrected chi connectivity index (χ2v) is 5.63. The standard InChI is InChI=1S/C15H20N4O2/c1-9-8-16-6-5-11(9)17-15(20)13-7-12(18-19-13)14-4-3-10(2)21-14/h3-4,7,9,11,16H,5-6,8H2,1-2H3,(H,17,20)(H,18,19). The van der Waals surface area contributed by atoms with Crippen molar-refractivity contribution in [2.45, 2.75) is 26.3 Å². The van der Waals surface area contributed by atoms with Gasteiger partial charge in [-0.2, -0.15) is 5.10 Å². The summed E-state index contributed by atoms with van der Waals surface area (Å²) in [5, 5.41) is 13.3. The molecule has 3 N–H and O–H groups in total. The molecule has 1 fully saturated rings. The van der Waals surface area contributed by atoms with Crippen LogP contribution in [0, 0.1) is 12.8 Å². The molecule has 2 atom stereocenters. The lowest BCUT2D eigenvalue weighted by Gasteiger charge is -2.29. The molecule has 112 valence electrons. The number of carbonyl (C=O) groups excluding carboxylic acids is 1. The summed E-state index contributed by atoms with van der Waals surface area (Å²) < 4.78 is 5.52. The van der Waals surface area contributed by atoms with E-state index in [2.05, 4.69) is 27.8 Å². The molecule has 3 rings (SSSR count). The Kier molecular flexibility index (Phi) is 3.79. The molecule has 0 spiro atoms. The van der Waals surface area contributed by atoms with E-state index >= 15 is 0 Å². The number of H-pyrrole nitrogens is 1. The van der Waals surface area contributed by atoms with Gasteiger partial charge >= 0.3 is 0 Å². The molecule has 6 heteroatoms. The quantitative estimate of drug-likeness (QED) is 0.803. The second kappa shape index (κ2) is 5.73. The highest BCUT2D eigenvalue weighted by molar-refractivity contribution is 5.93. The number of aromatic nitrogens is 2. The van der Waals surface area contributed by atoms with Crippen molar-refractivity contribution in [2.75, 3.05) is 13.1 Å². The predicted octanol–water partition coefficient (Wildman–Crippen LogP) is 1.71. The van der Waals surface area contributed by atoms with E-state index in [1.807, 2.05) is 19.1 Å². The maximum atomic E-state index is 12.3. The molecule has 2 aromatic heterocycles. The third-order valence-corrected chi connectivity index (χ3v) is 3.92. The molecule has 6 nitrogen and oxygen atoms in total. The molecule has 0 aliphatic carbocycles. The van der Waals surface area contributed by atoms with Gasteiger partial charge in [-0.25, -0.2) is 0 Å². The van der Waals surface area contributed by atoms with Gasteiger partial charge in [0.25, 0.3) is 5.91 Å². The average molecular weight is 288 g/mol. The van der Waals surface area contributed by atoms with Crippen molar-refractivity contribution in [3.63, 3.8) is 0 Å². The summed E-state index contributed by atoms with van der Waals surface area (Å²) in [6.07, 6.45) is 0.946. The van der Waals surface area contributed by atoms with Crippen LogP contribution in [-0.2, 0) is 0 Å². The van der Waals surface area contributed by atoms with Crippen LogP contribution in [-0.4, -0.2) is 35.2 Å². The van der Waals surface area contributed by atoms with Gasteiger partial charge in [-0.3, -0.25) is 9.89 Å². The van der Waals surface area contributed by atoms with Gasteiger partial charge in [-0.05, 0) is 44.5 Å². The van der Waals surface area contributed by atoms with E-state index in [1.54, 1.807) is 6.07 Å². The predicted molar refractivity (Wildman–Crippen MR) is 78.9 cm³/mol. The van der Waals surface area contributed by atoms with Crippen molar-refractivity contribution >= 4 is 5.91 Å². The van der Waals surface area contributed by atoms with Gasteiger partial charge in [0.05, 0.1) is 0 Å². The fourth-order valence-electron chi connectivity index (χ4n) is 2.61. The topological polar surface area (TPSA) is 83.0 Å². The smallest absolute Gasteiger partial charge is 0.272 e. The molecule has 1 saturated heterocycles. The van der Waals surface area contributed by atoms with Crippen molar-refractivity contribution < 1.29 is 9.21 Å². The molecule has 0 saturated carbocycles. The summed E-state index contributed by atoms with van der Waals surface area (Å²) in [6, 6.07) is 5.66. The summed E-state index contributed by atoms with van der Waals surface area (Å²) in [6.45, 7) is 5.89. The lowest BCUT2D eigenvalue weighted by molar-refractivity contribution is 0.0909. The lowest BCUT2D eigenvalue weighted by atomic mass is 9.95. The third kappa shape index (κ3) is 3.00. The van der Waals surface area contributed by atoms with Gasteiger partial charge in [0.2, 0.25) is 0 Å². The lowest BCUT2D eigenvalue weighted by Crippen LogP contribution is -2.48. The Bertz CT molecular complexity index is 631. The number of piperidine rings is 1. The van der Waals surface area contributed by atoms with E-state index in [9.17, 15) is 4.79 Å². The van der Waals surface area contributed by atoms with Crippen LogP contribution in [0.25, 0.3) is 11.5 Å². The Morgan fingerprint density at radius 1 is 1.48 bits per heavy atom. The molecule has 2 unspecified atom stereocenters. The highest BCUT2D eigenvalue weighted by Crippen LogP contribution is 2.20. The van der Waals surface area contributed by atoms with Crippen LogP contribution in [0.3, 0.4) is 0 Å². The first-order chi connectivity index (χ1) is 10.1. The largest absolute Gasteiger partial charge is 0.460 e. The zero-order valence-corrected chi connectivity index (χ0v) is 12.3. The second-order valence-electron chi connectivity index (χ2n) is 5.63. The van der Waals surface area contributed by atoms with Gasteiger partial charge in [0.15, 0.2) is 11.5 Å². The molecular weight excluding hydrogens is 268 g/mol. The average Bonchev–Trinajstić information content (AvgIpc) is 3.10. The zero-order valence-electron chi connectivity index (χ0n) is 12.3. The van der Waals surface area contributed by atoms with Crippen molar-refractivity contribution in [2.24, 2.45) is 5.92 Å². The molecular formula is C15H20N4O2. The highest BCUT2D eigenvalue weighted by atomic mass is 16.3. The number of rotatable bonds is 3. The zero-order chi connectivity index (χ0) is 14.8. The Hall–Kier alpha value is -2.08. The van der Waals surface area contributed by atoms with Crippen LogP contribution in [0.4, 0.5) is 0 Å².